The Hall–Kier alpha value is -1.40. The lowest BCUT2D eigenvalue weighted by molar-refractivity contribution is -0.139. The number of amides is 2. The number of benzene rings is 2. The fraction of sp³-hybridized carbons (Fsp3) is 0.364. The van der Waals surface area contributed by atoms with E-state index in [1.54, 1.807) is 23.1 Å². The number of halogens is 3. The van der Waals surface area contributed by atoms with Crippen LogP contribution in [0.1, 0.15) is 31.4 Å². The van der Waals surface area contributed by atoms with Crippen molar-refractivity contribution in [3.05, 3.63) is 68.7 Å². The van der Waals surface area contributed by atoms with E-state index in [2.05, 4.69) is 5.32 Å². The largest absolute Gasteiger partial charge is 0.355 e. The van der Waals surface area contributed by atoms with Crippen LogP contribution in [0, 0.1) is 0 Å². The fourth-order valence-electron chi connectivity index (χ4n) is 3.01. The molecule has 0 bridgehead atoms. The van der Waals surface area contributed by atoms with Crippen LogP contribution in [0.5, 0.6) is 0 Å². The lowest BCUT2D eigenvalue weighted by atomic mass is 10.1. The van der Waals surface area contributed by atoms with Gasteiger partial charge >= 0.3 is 0 Å². The summed E-state index contributed by atoms with van der Waals surface area (Å²) < 4.78 is 0. The maximum atomic E-state index is 13.1. The van der Waals surface area contributed by atoms with E-state index in [9.17, 15) is 9.59 Å². The van der Waals surface area contributed by atoms with E-state index in [1.165, 1.54) is 11.8 Å². The van der Waals surface area contributed by atoms with E-state index in [-0.39, 0.29) is 24.1 Å². The molecule has 0 saturated carbocycles. The molecule has 1 N–H and O–H groups in total. The van der Waals surface area contributed by atoms with Crippen LogP contribution in [0.3, 0.4) is 0 Å². The first-order chi connectivity index (χ1) is 14.3. The number of hydrogen-bond acceptors (Lipinski definition) is 3. The van der Waals surface area contributed by atoms with Crippen molar-refractivity contribution < 1.29 is 9.59 Å². The molecule has 2 rings (SSSR count). The standard InChI is InChI=1S/C22H25Cl3N2O2S/c1-3-20(22(29)26-4-2)27(12-16-8-9-18(24)11-19(16)25)21(28)14-30-13-15-6-5-7-17(23)10-15/h5-11,20H,3-4,12-14H2,1-2H3,(H,26,29)/t20-/m1/s1. The minimum Gasteiger partial charge on any atom is -0.355 e. The molecule has 0 aliphatic carbocycles. The van der Waals surface area contributed by atoms with Gasteiger partial charge in [0.2, 0.25) is 11.8 Å². The van der Waals surface area contributed by atoms with Gasteiger partial charge in [0.1, 0.15) is 6.04 Å². The van der Waals surface area contributed by atoms with E-state index >= 15 is 0 Å². The zero-order valence-electron chi connectivity index (χ0n) is 17.0. The highest BCUT2D eigenvalue weighted by atomic mass is 35.5. The van der Waals surface area contributed by atoms with E-state index in [4.69, 9.17) is 34.8 Å². The highest BCUT2D eigenvalue weighted by Gasteiger charge is 2.28. The molecule has 0 aromatic heterocycles. The fourth-order valence-corrected chi connectivity index (χ4v) is 4.55. The van der Waals surface area contributed by atoms with E-state index in [0.29, 0.717) is 33.8 Å². The zero-order chi connectivity index (χ0) is 22.1. The first-order valence-electron chi connectivity index (χ1n) is 9.69. The minimum atomic E-state index is -0.573. The molecule has 2 aromatic carbocycles. The number of carbonyl (C=O) groups excluding carboxylic acids is 2. The van der Waals surface area contributed by atoms with Gasteiger partial charge in [-0.15, -0.1) is 11.8 Å². The van der Waals surface area contributed by atoms with E-state index in [0.717, 1.165) is 11.1 Å². The van der Waals surface area contributed by atoms with Crippen LogP contribution in [0.25, 0.3) is 0 Å². The topological polar surface area (TPSA) is 49.4 Å². The normalized spacial score (nSPS) is 11.8. The van der Waals surface area contributed by atoms with Crippen LogP contribution >= 0.6 is 46.6 Å². The van der Waals surface area contributed by atoms with Crippen LogP contribution < -0.4 is 5.32 Å². The van der Waals surface area contributed by atoms with Gasteiger partial charge in [-0.1, -0.05) is 59.9 Å². The minimum absolute atomic E-state index is 0.119. The highest BCUT2D eigenvalue weighted by Crippen LogP contribution is 2.24. The Morgan fingerprint density at radius 3 is 2.43 bits per heavy atom. The molecule has 0 heterocycles. The second-order valence-corrected chi connectivity index (χ2v) is 8.96. The second kappa shape index (κ2) is 12.5. The molecule has 2 amide bonds. The Morgan fingerprint density at radius 2 is 1.80 bits per heavy atom. The predicted molar refractivity (Wildman–Crippen MR) is 127 cm³/mol. The van der Waals surface area contributed by atoms with Crippen LogP contribution in [-0.2, 0) is 21.9 Å². The first kappa shape index (κ1) is 24.9. The van der Waals surface area contributed by atoms with Crippen molar-refractivity contribution in [2.75, 3.05) is 12.3 Å². The maximum absolute atomic E-state index is 13.1. The number of thioether (sulfide) groups is 1. The molecule has 1 atom stereocenters. The summed E-state index contributed by atoms with van der Waals surface area (Å²) in [6.45, 7) is 4.49. The molecule has 30 heavy (non-hydrogen) atoms. The Morgan fingerprint density at radius 1 is 1.07 bits per heavy atom. The van der Waals surface area contributed by atoms with Gasteiger partial charge in [-0.2, -0.15) is 0 Å². The van der Waals surface area contributed by atoms with Gasteiger partial charge < -0.3 is 10.2 Å². The molecule has 162 valence electrons. The second-order valence-electron chi connectivity index (χ2n) is 6.70. The summed E-state index contributed by atoms with van der Waals surface area (Å²) in [4.78, 5) is 27.3. The smallest absolute Gasteiger partial charge is 0.242 e. The summed E-state index contributed by atoms with van der Waals surface area (Å²) in [5, 5.41) is 4.48. The van der Waals surface area contributed by atoms with Crippen LogP contribution in [0.4, 0.5) is 0 Å². The lowest BCUT2D eigenvalue weighted by Crippen LogP contribution is -2.49. The van der Waals surface area contributed by atoms with E-state index in [1.807, 2.05) is 38.1 Å². The Balaban J connectivity index is 2.15. The van der Waals surface area contributed by atoms with Gasteiger partial charge in [-0.25, -0.2) is 0 Å². The Kier molecular flexibility index (Phi) is 10.3. The van der Waals surface area contributed by atoms with Crippen molar-refractivity contribution in [1.29, 1.82) is 0 Å². The van der Waals surface area contributed by atoms with Gasteiger partial charge in [0.05, 0.1) is 5.75 Å². The number of carbonyl (C=O) groups is 2. The first-order valence-corrected chi connectivity index (χ1v) is 12.0. The third-order valence-electron chi connectivity index (χ3n) is 4.48. The molecular weight excluding hydrogens is 463 g/mol. The van der Waals surface area contributed by atoms with Gasteiger partial charge in [0.25, 0.3) is 0 Å². The summed E-state index contributed by atoms with van der Waals surface area (Å²) in [5.74, 6) is 0.609. The highest BCUT2D eigenvalue weighted by molar-refractivity contribution is 7.99. The SMILES string of the molecule is CCNC(=O)[C@@H](CC)N(Cc1ccc(Cl)cc1Cl)C(=O)CSCc1cccc(Cl)c1. The summed E-state index contributed by atoms with van der Waals surface area (Å²) in [6, 6.07) is 12.1. The number of nitrogens with one attached hydrogen (secondary N) is 1. The summed E-state index contributed by atoms with van der Waals surface area (Å²) in [7, 11) is 0. The molecule has 0 fully saturated rings. The summed E-state index contributed by atoms with van der Waals surface area (Å²) in [5.41, 5.74) is 1.79. The number of likely N-dealkylation sites (N-methyl/N-ethyl adjacent to an activating group) is 1. The van der Waals surface area contributed by atoms with Crippen molar-refractivity contribution in [2.24, 2.45) is 0 Å². The van der Waals surface area contributed by atoms with Gasteiger partial charge in [0, 0.05) is 33.9 Å². The van der Waals surface area contributed by atoms with Crippen LogP contribution in [-0.4, -0.2) is 35.1 Å². The van der Waals surface area contributed by atoms with E-state index < -0.39 is 6.04 Å². The number of rotatable bonds is 10. The molecular formula is C22H25Cl3N2O2S. The molecule has 0 spiro atoms. The molecule has 0 saturated heterocycles. The average molecular weight is 488 g/mol. The molecule has 2 aromatic rings. The molecule has 4 nitrogen and oxygen atoms in total. The van der Waals surface area contributed by atoms with Crippen molar-refractivity contribution in [1.82, 2.24) is 10.2 Å². The zero-order valence-corrected chi connectivity index (χ0v) is 20.0. The third-order valence-corrected chi connectivity index (χ3v) is 6.29. The quantitative estimate of drug-likeness (QED) is 0.459. The van der Waals surface area contributed by atoms with Crippen molar-refractivity contribution in [3.8, 4) is 0 Å². The van der Waals surface area contributed by atoms with Crippen LogP contribution in [0.15, 0.2) is 42.5 Å². The van der Waals surface area contributed by atoms with Crippen molar-refractivity contribution >= 4 is 58.4 Å². The summed E-state index contributed by atoms with van der Waals surface area (Å²) >= 11 is 19.8. The summed E-state index contributed by atoms with van der Waals surface area (Å²) in [6.07, 6.45) is 0.502. The Labute approximate surface area is 197 Å². The predicted octanol–water partition coefficient (Wildman–Crippen LogP) is 5.82. The Bertz CT molecular complexity index is 879. The molecule has 0 aliphatic rings. The van der Waals surface area contributed by atoms with Gasteiger partial charge in [-0.05, 0) is 48.7 Å². The maximum Gasteiger partial charge on any atom is 0.242 e. The average Bonchev–Trinajstić information content (AvgIpc) is 2.69. The van der Waals surface area contributed by atoms with Crippen molar-refractivity contribution in [2.45, 2.75) is 38.6 Å². The molecule has 0 unspecified atom stereocenters. The third kappa shape index (κ3) is 7.38. The molecule has 0 aliphatic heterocycles. The number of nitrogens with zero attached hydrogens (tertiary/aromatic N) is 1. The van der Waals surface area contributed by atoms with Crippen LogP contribution in [0.2, 0.25) is 15.1 Å². The lowest BCUT2D eigenvalue weighted by Gasteiger charge is -2.30. The van der Waals surface area contributed by atoms with Gasteiger partial charge in [-0.3, -0.25) is 9.59 Å². The molecule has 8 heteroatoms. The van der Waals surface area contributed by atoms with Crippen molar-refractivity contribution in [3.63, 3.8) is 0 Å². The monoisotopic (exact) mass is 486 g/mol. The molecule has 0 radical (unpaired) electrons. The number of hydrogen-bond donors (Lipinski definition) is 1. The van der Waals surface area contributed by atoms with Gasteiger partial charge in [0.15, 0.2) is 0 Å².